The van der Waals surface area contributed by atoms with E-state index in [4.69, 9.17) is 5.73 Å². The molecule has 1 heterocycles. The highest BCUT2D eigenvalue weighted by molar-refractivity contribution is 7.99. The van der Waals surface area contributed by atoms with E-state index in [-0.39, 0.29) is 11.9 Å². The number of primary amides is 1. The molecule has 0 bridgehead atoms. The molecular weight excluding hydrogens is 274 g/mol. The van der Waals surface area contributed by atoms with E-state index in [1.165, 1.54) is 11.8 Å². The summed E-state index contributed by atoms with van der Waals surface area (Å²) in [7, 11) is 0. The monoisotopic (exact) mass is 293 g/mol. The first-order chi connectivity index (χ1) is 9.66. The molecule has 6 heteroatoms. The number of benzene rings is 1. The minimum atomic E-state index is -0.309. The van der Waals surface area contributed by atoms with Crippen molar-refractivity contribution in [2.75, 3.05) is 24.2 Å². The van der Waals surface area contributed by atoms with Gasteiger partial charge in [0.1, 0.15) is 0 Å². The van der Waals surface area contributed by atoms with Crippen molar-refractivity contribution >= 4 is 29.4 Å². The highest BCUT2D eigenvalue weighted by Crippen LogP contribution is 2.27. The fourth-order valence-corrected chi connectivity index (χ4v) is 3.04. The Kier molecular flexibility index (Phi) is 5.29. The highest BCUT2D eigenvalue weighted by atomic mass is 32.2. The van der Waals surface area contributed by atoms with Gasteiger partial charge in [0.15, 0.2) is 0 Å². The predicted molar refractivity (Wildman–Crippen MR) is 80.8 cm³/mol. The number of rotatable bonds is 5. The Morgan fingerprint density at radius 1 is 1.25 bits per heavy atom. The topological polar surface area (TPSA) is 75.4 Å². The van der Waals surface area contributed by atoms with E-state index in [9.17, 15) is 9.59 Å². The molecule has 0 radical (unpaired) electrons. The van der Waals surface area contributed by atoms with Crippen LogP contribution >= 0.6 is 11.8 Å². The first kappa shape index (κ1) is 14.7. The van der Waals surface area contributed by atoms with Crippen LogP contribution in [0.1, 0.15) is 19.3 Å². The van der Waals surface area contributed by atoms with Crippen molar-refractivity contribution < 1.29 is 9.59 Å². The van der Waals surface area contributed by atoms with Crippen LogP contribution in [-0.4, -0.2) is 35.7 Å². The van der Waals surface area contributed by atoms with Gasteiger partial charge in [-0.15, -0.1) is 11.8 Å². The number of amides is 3. The molecule has 0 aliphatic carbocycles. The van der Waals surface area contributed by atoms with Gasteiger partial charge in [-0.1, -0.05) is 12.1 Å². The standard InChI is InChI=1S/C14H19N3O2S/c15-13(18)7-10-20-12-6-2-1-5-11(12)16-14(19)17-8-3-4-9-17/h1-2,5-6H,3-4,7-10H2,(H2,15,18)(H,16,19). The molecule has 20 heavy (non-hydrogen) atoms. The molecule has 3 amide bonds. The summed E-state index contributed by atoms with van der Waals surface area (Å²) in [6, 6.07) is 7.56. The van der Waals surface area contributed by atoms with Crippen molar-refractivity contribution in [3.8, 4) is 0 Å². The summed E-state index contributed by atoms with van der Waals surface area (Å²) in [5.41, 5.74) is 5.92. The van der Waals surface area contributed by atoms with Gasteiger partial charge in [-0.25, -0.2) is 4.79 Å². The van der Waals surface area contributed by atoms with Gasteiger partial charge in [0, 0.05) is 30.2 Å². The van der Waals surface area contributed by atoms with Crippen molar-refractivity contribution in [1.29, 1.82) is 0 Å². The second-order valence-corrected chi connectivity index (χ2v) is 5.82. The van der Waals surface area contributed by atoms with Crippen molar-refractivity contribution in [2.24, 2.45) is 5.73 Å². The van der Waals surface area contributed by atoms with Gasteiger partial charge in [0.05, 0.1) is 5.69 Å². The minimum absolute atomic E-state index is 0.0505. The lowest BCUT2D eigenvalue weighted by Crippen LogP contribution is -2.32. The van der Waals surface area contributed by atoms with E-state index in [0.717, 1.165) is 36.5 Å². The fourth-order valence-electron chi connectivity index (χ4n) is 2.07. The van der Waals surface area contributed by atoms with Crippen LogP contribution in [0.25, 0.3) is 0 Å². The van der Waals surface area contributed by atoms with Crippen LogP contribution in [0.5, 0.6) is 0 Å². The Balaban J connectivity index is 1.96. The number of thioether (sulfide) groups is 1. The molecule has 3 N–H and O–H groups in total. The number of para-hydroxylation sites is 1. The molecule has 1 aromatic rings. The number of nitrogens with two attached hydrogens (primary N) is 1. The molecule has 0 atom stereocenters. The number of hydrogen-bond acceptors (Lipinski definition) is 3. The maximum absolute atomic E-state index is 12.1. The Hall–Kier alpha value is -1.69. The number of nitrogens with one attached hydrogen (secondary N) is 1. The SMILES string of the molecule is NC(=O)CCSc1ccccc1NC(=O)N1CCCC1. The zero-order valence-corrected chi connectivity index (χ0v) is 12.1. The first-order valence-electron chi connectivity index (χ1n) is 6.73. The van der Waals surface area contributed by atoms with Crippen LogP contribution in [0.4, 0.5) is 10.5 Å². The van der Waals surface area contributed by atoms with Gasteiger partial charge in [-0.3, -0.25) is 4.79 Å². The van der Waals surface area contributed by atoms with Crippen LogP contribution in [0.2, 0.25) is 0 Å². The average Bonchev–Trinajstić information content (AvgIpc) is 2.94. The Morgan fingerprint density at radius 2 is 1.95 bits per heavy atom. The summed E-state index contributed by atoms with van der Waals surface area (Å²) in [6.07, 6.45) is 2.48. The maximum atomic E-state index is 12.1. The Morgan fingerprint density at radius 3 is 2.65 bits per heavy atom. The molecule has 108 valence electrons. The lowest BCUT2D eigenvalue weighted by molar-refractivity contribution is -0.117. The third kappa shape index (κ3) is 4.16. The highest BCUT2D eigenvalue weighted by Gasteiger charge is 2.18. The average molecular weight is 293 g/mol. The van der Waals surface area contributed by atoms with E-state index < -0.39 is 0 Å². The van der Waals surface area contributed by atoms with E-state index >= 15 is 0 Å². The zero-order chi connectivity index (χ0) is 14.4. The van der Waals surface area contributed by atoms with E-state index in [2.05, 4.69) is 5.32 Å². The van der Waals surface area contributed by atoms with Gasteiger partial charge in [-0.05, 0) is 25.0 Å². The summed E-state index contributed by atoms with van der Waals surface area (Å²) < 4.78 is 0. The number of likely N-dealkylation sites (tertiary alicyclic amines) is 1. The number of nitrogens with zero attached hydrogens (tertiary/aromatic N) is 1. The van der Waals surface area contributed by atoms with Crippen LogP contribution in [-0.2, 0) is 4.79 Å². The number of carbonyl (C=O) groups excluding carboxylic acids is 2. The Bertz CT molecular complexity index is 487. The molecule has 0 saturated carbocycles. The molecule has 1 aliphatic rings. The summed E-state index contributed by atoms with van der Waals surface area (Å²) in [6.45, 7) is 1.64. The van der Waals surface area contributed by atoms with Crippen LogP contribution in [0.3, 0.4) is 0 Å². The van der Waals surface area contributed by atoms with Crippen molar-refractivity contribution in [3.05, 3.63) is 24.3 Å². The molecular formula is C14H19N3O2S. The fraction of sp³-hybridized carbons (Fsp3) is 0.429. The first-order valence-corrected chi connectivity index (χ1v) is 7.71. The van der Waals surface area contributed by atoms with Gasteiger partial charge in [0.2, 0.25) is 5.91 Å². The lowest BCUT2D eigenvalue weighted by atomic mass is 10.3. The number of carbonyl (C=O) groups is 2. The quantitative estimate of drug-likeness (QED) is 0.818. The van der Waals surface area contributed by atoms with Crippen molar-refractivity contribution in [2.45, 2.75) is 24.2 Å². The third-order valence-corrected chi connectivity index (χ3v) is 4.20. The maximum Gasteiger partial charge on any atom is 0.321 e. The van der Waals surface area contributed by atoms with Crippen LogP contribution in [0, 0.1) is 0 Å². The normalized spacial score (nSPS) is 14.3. The van der Waals surface area contributed by atoms with Crippen molar-refractivity contribution in [1.82, 2.24) is 4.90 Å². The van der Waals surface area contributed by atoms with E-state index in [1.54, 1.807) is 0 Å². The van der Waals surface area contributed by atoms with Gasteiger partial charge < -0.3 is 16.0 Å². The van der Waals surface area contributed by atoms with E-state index in [0.29, 0.717) is 12.2 Å². The van der Waals surface area contributed by atoms with Crippen molar-refractivity contribution in [3.63, 3.8) is 0 Å². The molecule has 2 rings (SSSR count). The summed E-state index contributed by atoms with van der Waals surface area (Å²) in [5.74, 6) is 0.308. The van der Waals surface area contributed by atoms with Gasteiger partial charge in [-0.2, -0.15) is 0 Å². The smallest absolute Gasteiger partial charge is 0.321 e. The van der Waals surface area contributed by atoms with E-state index in [1.807, 2.05) is 29.2 Å². The largest absolute Gasteiger partial charge is 0.370 e. The van der Waals surface area contributed by atoms with Gasteiger partial charge >= 0.3 is 6.03 Å². The summed E-state index contributed by atoms with van der Waals surface area (Å²) >= 11 is 1.53. The number of urea groups is 1. The third-order valence-electron chi connectivity index (χ3n) is 3.13. The molecule has 1 aliphatic heterocycles. The summed E-state index contributed by atoms with van der Waals surface area (Å²) in [4.78, 5) is 25.6. The summed E-state index contributed by atoms with van der Waals surface area (Å²) in [5, 5.41) is 2.94. The Labute approximate surface area is 122 Å². The molecule has 1 aromatic carbocycles. The number of anilines is 1. The van der Waals surface area contributed by atoms with Crippen LogP contribution < -0.4 is 11.1 Å². The molecule has 1 saturated heterocycles. The lowest BCUT2D eigenvalue weighted by Gasteiger charge is -2.17. The number of hydrogen-bond donors (Lipinski definition) is 2. The van der Waals surface area contributed by atoms with Crippen LogP contribution in [0.15, 0.2) is 29.2 Å². The minimum Gasteiger partial charge on any atom is -0.370 e. The predicted octanol–water partition coefficient (Wildman–Crippen LogP) is 2.28. The molecule has 0 aromatic heterocycles. The van der Waals surface area contributed by atoms with Gasteiger partial charge in [0.25, 0.3) is 0 Å². The molecule has 0 spiro atoms. The molecule has 0 unspecified atom stereocenters. The second-order valence-electron chi connectivity index (χ2n) is 4.69. The second kappa shape index (κ2) is 7.19. The molecule has 1 fully saturated rings. The zero-order valence-electron chi connectivity index (χ0n) is 11.3. The molecule has 5 nitrogen and oxygen atoms in total.